The third-order valence-electron chi connectivity index (χ3n) is 1.68. The molecule has 0 aliphatic heterocycles. The molecule has 82 valence electrons. The Bertz CT molecular complexity index is 499. The van der Waals surface area contributed by atoms with Crippen LogP contribution >= 0.6 is 23.2 Å². The Hall–Kier alpha value is -0.620. The molecule has 0 unspecified atom stereocenters. The monoisotopic (exact) mass is 267 g/mol. The van der Waals surface area contributed by atoms with Crippen molar-refractivity contribution < 1.29 is 13.2 Å². The molecule has 4 nitrogen and oxygen atoms in total. The summed E-state index contributed by atoms with van der Waals surface area (Å²) in [5, 5.41) is 4.89. The summed E-state index contributed by atoms with van der Waals surface area (Å²) in [6, 6.07) is 3.80. The lowest BCUT2D eigenvalue weighted by atomic mass is 10.1. The SMILES string of the molecule is NS(=O)(=O)c1cc(C(=O)CCl)ccc1Cl. The molecule has 1 aromatic carbocycles. The van der Waals surface area contributed by atoms with E-state index in [1.807, 2.05) is 0 Å². The van der Waals surface area contributed by atoms with Crippen molar-refractivity contribution in [1.29, 1.82) is 0 Å². The largest absolute Gasteiger partial charge is 0.293 e. The zero-order valence-corrected chi connectivity index (χ0v) is 9.73. The van der Waals surface area contributed by atoms with Gasteiger partial charge in [0.15, 0.2) is 5.78 Å². The van der Waals surface area contributed by atoms with Crippen LogP contribution in [0.4, 0.5) is 0 Å². The highest BCUT2D eigenvalue weighted by molar-refractivity contribution is 7.89. The molecule has 7 heteroatoms. The minimum Gasteiger partial charge on any atom is -0.293 e. The molecule has 0 bridgehead atoms. The maximum absolute atomic E-state index is 11.2. The zero-order valence-electron chi connectivity index (χ0n) is 7.41. The molecule has 0 aromatic heterocycles. The highest BCUT2D eigenvalue weighted by Gasteiger charge is 2.15. The number of carbonyl (C=O) groups is 1. The molecule has 0 aliphatic rings. The minimum absolute atomic E-state index is 0.0244. The number of rotatable bonds is 3. The Morgan fingerprint density at radius 2 is 2.00 bits per heavy atom. The van der Waals surface area contributed by atoms with Crippen LogP contribution < -0.4 is 5.14 Å². The standard InChI is InChI=1S/C8H7Cl2NO3S/c9-4-7(12)5-1-2-6(10)8(3-5)15(11,13)14/h1-3H,4H2,(H2,11,13,14). The number of benzene rings is 1. The predicted molar refractivity (Wildman–Crippen MR) is 57.9 cm³/mol. The van der Waals surface area contributed by atoms with Crippen LogP contribution in [0.5, 0.6) is 0 Å². The predicted octanol–water partition coefficient (Wildman–Crippen LogP) is 1.41. The van der Waals surface area contributed by atoms with Gasteiger partial charge in [0.25, 0.3) is 0 Å². The Labute approximate surface area is 97.0 Å². The fourth-order valence-electron chi connectivity index (χ4n) is 0.972. The van der Waals surface area contributed by atoms with Crippen molar-refractivity contribution in [1.82, 2.24) is 0 Å². The summed E-state index contributed by atoms with van der Waals surface area (Å²) >= 11 is 11.0. The second-order valence-electron chi connectivity index (χ2n) is 2.75. The van der Waals surface area contributed by atoms with Crippen molar-refractivity contribution in [3.63, 3.8) is 0 Å². The number of hydrogen-bond donors (Lipinski definition) is 1. The fourth-order valence-corrected chi connectivity index (χ4v) is 2.20. The molecule has 0 radical (unpaired) electrons. The second kappa shape index (κ2) is 4.49. The average Bonchev–Trinajstić information content (AvgIpc) is 2.15. The van der Waals surface area contributed by atoms with Gasteiger partial charge in [-0.3, -0.25) is 4.79 Å². The van der Waals surface area contributed by atoms with E-state index < -0.39 is 15.8 Å². The summed E-state index contributed by atoms with van der Waals surface area (Å²) in [6.45, 7) is 0. The van der Waals surface area contributed by atoms with Crippen molar-refractivity contribution >= 4 is 39.0 Å². The third-order valence-corrected chi connectivity index (χ3v) is 3.32. The van der Waals surface area contributed by atoms with Gasteiger partial charge in [-0.05, 0) is 18.2 Å². The van der Waals surface area contributed by atoms with Crippen molar-refractivity contribution in [3.05, 3.63) is 28.8 Å². The van der Waals surface area contributed by atoms with Gasteiger partial charge in [0.1, 0.15) is 4.90 Å². The Kier molecular flexibility index (Phi) is 3.72. The number of primary sulfonamides is 1. The molecule has 0 spiro atoms. The number of alkyl halides is 1. The summed E-state index contributed by atoms with van der Waals surface area (Å²) in [4.78, 5) is 10.9. The van der Waals surface area contributed by atoms with Crippen LogP contribution in [0.25, 0.3) is 0 Å². The Balaban J connectivity index is 3.36. The van der Waals surface area contributed by atoms with Gasteiger partial charge >= 0.3 is 0 Å². The Morgan fingerprint density at radius 1 is 1.40 bits per heavy atom. The van der Waals surface area contributed by atoms with Crippen molar-refractivity contribution in [2.24, 2.45) is 5.14 Å². The van der Waals surface area contributed by atoms with E-state index in [0.717, 1.165) is 6.07 Å². The van der Waals surface area contributed by atoms with Gasteiger partial charge in [-0.2, -0.15) is 0 Å². The van der Waals surface area contributed by atoms with Crippen LogP contribution in [0.1, 0.15) is 10.4 Å². The van der Waals surface area contributed by atoms with Gasteiger partial charge in [0.05, 0.1) is 10.9 Å². The number of sulfonamides is 1. The lowest BCUT2D eigenvalue weighted by molar-refractivity contribution is 0.102. The number of Topliss-reactive ketones (excluding diaryl/α,β-unsaturated/α-hetero) is 1. The molecule has 0 saturated carbocycles. The van der Waals surface area contributed by atoms with E-state index in [2.05, 4.69) is 0 Å². The van der Waals surface area contributed by atoms with Crippen LogP contribution in [0.3, 0.4) is 0 Å². The van der Waals surface area contributed by atoms with Gasteiger partial charge in [-0.25, -0.2) is 13.6 Å². The lowest BCUT2D eigenvalue weighted by Gasteiger charge is -2.03. The number of carbonyl (C=O) groups excluding carboxylic acids is 1. The number of hydrogen-bond acceptors (Lipinski definition) is 3. The normalized spacial score (nSPS) is 11.4. The first kappa shape index (κ1) is 12.4. The van der Waals surface area contributed by atoms with Gasteiger partial charge in [-0.1, -0.05) is 11.6 Å². The van der Waals surface area contributed by atoms with E-state index in [4.69, 9.17) is 28.3 Å². The van der Waals surface area contributed by atoms with Crippen molar-refractivity contribution in [3.8, 4) is 0 Å². The molecule has 0 aliphatic carbocycles. The second-order valence-corrected chi connectivity index (χ2v) is 4.95. The lowest BCUT2D eigenvalue weighted by Crippen LogP contribution is -2.14. The van der Waals surface area contributed by atoms with Gasteiger partial charge < -0.3 is 0 Å². The quantitative estimate of drug-likeness (QED) is 0.665. The molecule has 2 N–H and O–H groups in total. The van der Waals surface area contributed by atoms with E-state index in [1.165, 1.54) is 12.1 Å². The molecule has 0 saturated heterocycles. The fraction of sp³-hybridized carbons (Fsp3) is 0.125. The minimum atomic E-state index is -3.92. The van der Waals surface area contributed by atoms with Crippen molar-refractivity contribution in [2.75, 3.05) is 5.88 Å². The van der Waals surface area contributed by atoms with Gasteiger partial charge in [0, 0.05) is 5.56 Å². The van der Waals surface area contributed by atoms with E-state index in [0.29, 0.717) is 0 Å². The first-order chi connectivity index (χ1) is 6.86. The first-order valence-electron chi connectivity index (χ1n) is 3.78. The molecule has 0 atom stereocenters. The molecule has 15 heavy (non-hydrogen) atoms. The van der Waals surface area contributed by atoms with E-state index >= 15 is 0 Å². The van der Waals surface area contributed by atoms with E-state index in [9.17, 15) is 13.2 Å². The number of ketones is 1. The molecule has 0 fully saturated rings. The van der Waals surface area contributed by atoms with E-state index in [1.54, 1.807) is 0 Å². The topological polar surface area (TPSA) is 77.2 Å². The average molecular weight is 268 g/mol. The van der Waals surface area contributed by atoms with Crippen LogP contribution in [0, 0.1) is 0 Å². The maximum atomic E-state index is 11.2. The highest BCUT2D eigenvalue weighted by Crippen LogP contribution is 2.21. The summed E-state index contributed by atoms with van der Waals surface area (Å²) in [5.41, 5.74) is 0.165. The van der Waals surface area contributed by atoms with Gasteiger partial charge in [-0.15, -0.1) is 11.6 Å². The third kappa shape index (κ3) is 2.92. The molecular weight excluding hydrogens is 261 g/mol. The van der Waals surface area contributed by atoms with Crippen LogP contribution in [-0.2, 0) is 10.0 Å². The smallest absolute Gasteiger partial charge is 0.239 e. The van der Waals surface area contributed by atoms with Crippen molar-refractivity contribution in [2.45, 2.75) is 4.90 Å². The molecule has 0 heterocycles. The molecule has 1 rings (SSSR count). The molecule has 0 amide bonds. The Morgan fingerprint density at radius 3 is 2.47 bits per heavy atom. The summed E-state index contributed by atoms with van der Waals surface area (Å²) in [6.07, 6.45) is 0. The summed E-state index contributed by atoms with van der Waals surface area (Å²) < 4.78 is 22.1. The highest BCUT2D eigenvalue weighted by atomic mass is 35.5. The first-order valence-corrected chi connectivity index (χ1v) is 6.23. The van der Waals surface area contributed by atoms with E-state index in [-0.39, 0.29) is 21.4 Å². The maximum Gasteiger partial charge on any atom is 0.239 e. The summed E-state index contributed by atoms with van der Waals surface area (Å²) in [5.74, 6) is -0.621. The van der Waals surface area contributed by atoms with Crippen LogP contribution in [0.2, 0.25) is 5.02 Å². The zero-order chi connectivity index (χ0) is 11.6. The summed E-state index contributed by atoms with van der Waals surface area (Å²) in [7, 11) is -3.92. The van der Waals surface area contributed by atoms with Crippen LogP contribution in [0.15, 0.2) is 23.1 Å². The molecular formula is C8H7Cl2NO3S. The number of nitrogens with two attached hydrogens (primary N) is 1. The number of halogens is 2. The van der Waals surface area contributed by atoms with Crippen LogP contribution in [-0.4, -0.2) is 20.1 Å². The van der Waals surface area contributed by atoms with Gasteiger partial charge in [0.2, 0.25) is 10.0 Å². The molecule has 1 aromatic rings.